The van der Waals surface area contributed by atoms with Gasteiger partial charge in [-0.15, -0.1) is 11.8 Å². The topological polar surface area (TPSA) is 108 Å². The second kappa shape index (κ2) is 11.6. The van der Waals surface area contributed by atoms with Crippen LogP contribution in [0.15, 0.2) is 120 Å². The smallest absolute Gasteiger partial charge is 0.336 e. The summed E-state index contributed by atoms with van der Waals surface area (Å²) in [7, 11) is 0. The lowest BCUT2D eigenvalue weighted by atomic mass is 9.98. The number of hydrogen-bond acceptors (Lipinski definition) is 5. The molecule has 1 aromatic heterocycles. The van der Waals surface area contributed by atoms with Gasteiger partial charge in [0.2, 0.25) is 5.91 Å². The first-order valence-electron chi connectivity index (χ1n) is 12.1. The zero-order valence-electron chi connectivity index (χ0n) is 20.6. The zero-order chi connectivity index (χ0) is 27.2. The molecule has 3 N–H and O–H groups in total. The molecule has 5 aromatic rings. The van der Waals surface area contributed by atoms with Gasteiger partial charge in [0.1, 0.15) is 5.25 Å². The minimum absolute atomic E-state index is 0.0634. The maximum Gasteiger partial charge on any atom is 0.336 e. The van der Waals surface area contributed by atoms with Crippen LogP contribution < -0.4 is 10.6 Å². The van der Waals surface area contributed by atoms with Gasteiger partial charge in [-0.25, -0.2) is 4.79 Å². The second-order valence-electron chi connectivity index (χ2n) is 8.63. The van der Waals surface area contributed by atoms with Crippen molar-refractivity contribution in [3.63, 3.8) is 0 Å². The highest BCUT2D eigenvalue weighted by atomic mass is 32.2. The Morgan fingerprint density at radius 1 is 0.718 bits per heavy atom. The van der Waals surface area contributed by atoms with Crippen LogP contribution in [0.2, 0.25) is 0 Å². The molecule has 0 aliphatic carbocycles. The van der Waals surface area contributed by atoms with E-state index in [0.717, 1.165) is 10.5 Å². The van der Waals surface area contributed by atoms with Crippen molar-refractivity contribution in [2.45, 2.75) is 10.1 Å². The molecular formula is C31H23N3O4S. The molecule has 0 aliphatic rings. The number of rotatable bonds is 8. The molecule has 4 aromatic carbocycles. The number of nitrogens with one attached hydrogen (secondary N) is 2. The minimum Gasteiger partial charge on any atom is -0.478 e. The molecule has 39 heavy (non-hydrogen) atoms. The molecule has 8 heteroatoms. The highest BCUT2D eigenvalue weighted by Crippen LogP contribution is 2.37. The average Bonchev–Trinajstić information content (AvgIpc) is 2.96. The number of carbonyl (C=O) groups excluding carboxylic acids is 2. The average molecular weight is 534 g/mol. The Balaban J connectivity index is 1.40. The number of carboxylic acids is 1. The maximum absolute atomic E-state index is 13.3. The van der Waals surface area contributed by atoms with Crippen molar-refractivity contribution < 1.29 is 19.5 Å². The number of nitrogens with zero attached hydrogens (tertiary/aromatic N) is 1. The molecule has 1 unspecified atom stereocenters. The largest absolute Gasteiger partial charge is 0.478 e. The quantitative estimate of drug-likeness (QED) is 0.193. The van der Waals surface area contributed by atoms with Gasteiger partial charge in [-0.2, -0.15) is 0 Å². The van der Waals surface area contributed by atoms with Crippen molar-refractivity contribution in [2.75, 3.05) is 10.6 Å². The highest BCUT2D eigenvalue weighted by molar-refractivity contribution is 8.00. The van der Waals surface area contributed by atoms with Crippen LogP contribution in [0.4, 0.5) is 11.4 Å². The van der Waals surface area contributed by atoms with Gasteiger partial charge >= 0.3 is 5.97 Å². The van der Waals surface area contributed by atoms with Gasteiger partial charge in [0.05, 0.1) is 5.56 Å². The molecule has 0 radical (unpaired) electrons. The van der Waals surface area contributed by atoms with Crippen molar-refractivity contribution in [3.05, 3.63) is 132 Å². The maximum atomic E-state index is 13.3. The van der Waals surface area contributed by atoms with E-state index < -0.39 is 17.1 Å². The third kappa shape index (κ3) is 5.97. The molecule has 0 saturated carbocycles. The van der Waals surface area contributed by atoms with E-state index in [0.29, 0.717) is 22.1 Å². The summed E-state index contributed by atoms with van der Waals surface area (Å²) in [4.78, 5) is 43.2. The molecular weight excluding hydrogens is 510 g/mol. The van der Waals surface area contributed by atoms with E-state index >= 15 is 0 Å². The van der Waals surface area contributed by atoms with E-state index in [1.54, 1.807) is 73.1 Å². The van der Waals surface area contributed by atoms with Gasteiger partial charge in [0, 0.05) is 39.6 Å². The molecule has 2 amide bonds. The summed E-state index contributed by atoms with van der Waals surface area (Å²) in [5, 5.41) is 16.0. The second-order valence-corrected chi connectivity index (χ2v) is 9.81. The number of amides is 2. The number of hydrogen-bond donors (Lipinski definition) is 3. The lowest BCUT2D eigenvalue weighted by molar-refractivity contribution is -0.115. The molecule has 0 fully saturated rings. The Hall–Kier alpha value is -4.95. The summed E-state index contributed by atoms with van der Waals surface area (Å²) in [5.41, 5.74) is 2.33. The lowest BCUT2D eigenvalue weighted by Crippen LogP contribution is -2.19. The van der Waals surface area contributed by atoms with E-state index in [2.05, 4.69) is 15.6 Å². The van der Waals surface area contributed by atoms with Gasteiger partial charge in [0.25, 0.3) is 5.91 Å². The molecule has 0 bridgehead atoms. The van der Waals surface area contributed by atoms with Gasteiger partial charge < -0.3 is 15.7 Å². The number of carboxylic acid groups (broad SMARTS) is 1. The fourth-order valence-corrected chi connectivity index (χ4v) is 5.32. The number of aromatic nitrogens is 1. The van der Waals surface area contributed by atoms with Crippen LogP contribution in [0.5, 0.6) is 0 Å². The van der Waals surface area contributed by atoms with Crippen molar-refractivity contribution in [1.29, 1.82) is 0 Å². The molecule has 1 heterocycles. The van der Waals surface area contributed by atoms with Crippen LogP contribution >= 0.6 is 11.8 Å². The first-order valence-corrected chi connectivity index (χ1v) is 13.0. The van der Waals surface area contributed by atoms with Crippen molar-refractivity contribution in [3.8, 4) is 0 Å². The van der Waals surface area contributed by atoms with Crippen molar-refractivity contribution in [2.24, 2.45) is 0 Å². The van der Waals surface area contributed by atoms with Crippen molar-refractivity contribution in [1.82, 2.24) is 4.98 Å². The monoisotopic (exact) mass is 533 g/mol. The van der Waals surface area contributed by atoms with Gasteiger partial charge in [-0.1, -0.05) is 60.7 Å². The zero-order valence-corrected chi connectivity index (χ0v) is 21.4. The molecule has 5 rings (SSSR count). The fraction of sp³-hybridized carbons (Fsp3) is 0.0323. The van der Waals surface area contributed by atoms with Crippen LogP contribution in [0.1, 0.15) is 31.5 Å². The van der Waals surface area contributed by atoms with Gasteiger partial charge in [-0.3, -0.25) is 14.6 Å². The van der Waals surface area contributed by atoms with Crippen molar-refractivity contribution >= 4 is 51.7 Å². The number of pyridine rings is 1. The molecule has 0 aliphatic heterocycles. The van der Waals surface area contributed by atoms with Crippen LogP contribution in [-0.2, 0) is 4.79 Å². The summed E-state index contributed by atoms with van der Waals surface area (Å²) in [6, 6.07) is 30.1. The van der Waals surface area contributed by atoms with Gasteiger partial charge in [-0.05, 0) is 53.4 Å². The first kappa shape index (κ1) is 25.7. The highest BCUT2D eigenvalue weighted by Gasteiger charge is 2.23. The SMILES string of the molecule is O=C(O)c1cccc2cccc(C(=O)Nc3cccc(SC(C(=O)Nc4ccncc4)c4ccccc4)c3)c12. The molecule has 7 nitrogen and oxygen atoms in total. The minimum atomic E-state index is -1.10. The molecule has 1 atom stereocenters. The summed E-state index contributed by atoms with van der Waals surface area (Å²) in [6.45, 7) is 0. The van der Waals surface area contributed by atoms with E-state index in [1.807, 2.05) is 36.4 Å². The summed E-state index contributed by atoms with van der Waals surface area (Å²) in [5.74, 6) is -1.72. The normalized spacial score (nSPS) is 11.5. The number of fused-ring (bicyclic) bond motifs is 1. The standard InChI is InChI=1S/C31H23N3O4S/c35-29(25-13-4-9-20-10-5-14-26(27(20)25)31(37)38)34-23-11-6-12-24(19-23)39-28(21-7-2-1-3-8-21)30(36)33-22-15-17-32-18-16-22/h1-19,28H,(H,34,35)(H,37,38)(H,32,33,36). The Kier molecular flexibility index (Phi) is 7.65. The van der Waals surface area contributed by atoms with E-state index in [-0.39, 0.29) is 17.0 Å². The third-order valence-corrected chi connectivity index (χ3v) is 7.26. The molecule has 192 valence electrons. The van der Waals surface area contributed by atoms with E-state index in [4.69, 9.17) is 0 Å². The van der Waals surface area contributed by atoms with Crippen LogP contribution in [-0.4, -0.2) is 27.9 Å². The Morgan fingerprint density at radius 2 is 1.41 bits per heavy atom. The predicted molar refractivity (Wildman–Crippen MR) is 153 cm³/mol. The number of thioether (sulfide) groups is 1. The fourth-order valence-electron chi connectivity index (χ4n) is 4.23. The summed E-state index contributed by atoms with van der Waals surface area (Å²) in [6.07, 6.45) is 3.23. The Morgan fingerprint density at radius 3 is 2.13 bits per heavy atom. The van der Waals surface area contributed by atoms with Gasteiger partial charge in [0.15, 0.2) is 0 Å². The Labute approximate surface area is 228 Å². The van der Waals surface area contributed by atoms with E-state index in [9.17, 15) is 19.5 Å². The summed E-state index contributed by atoms with van der Waals surface area (Å²) >= 11 is 1.36. The first-order chi connectivity index (χ1) is 19.0. The number of aromatic carboxylic acids is 1. The summed E-state index contributed by atoms with van der Waals surface area (Å²) < 4.78 is 0. The third-order valence-electron chi connectivity index (χ3n) is 6.01. The Bertz CT molecular complexity index is 1650. The van der Waals surface area contributed by atoms with Crippen LogP contribution in [0, 0.1) is 0 Å². The predicted octanol–water partition coefficient (Wildman–Crippen LogP) is 6.66. The number of anilines is 2. The van der Waals surface area contributed by atoms with Crippen LogP contribution in [0.25, 0.3) is 10.8 Å². The lowest BCUT2D eigenvalue weighted by Gasteiger charge is -2.18. The number of carbonyl (C=O) groups is 3. The van der Waals surface area contributed by atoms with E-state index in [1.165, 1.54) is 17.8 Å². The number of benzene rings is 4. The molecule has 0 spiro atoms. The van der Waals surface area contributed by atoms with Crippen LogP contribution in [0.3, 0.4) is 0 Å². The molecule has 0 saturated heterocycles.